The van der Waals surface area contributed by atoms with E-state index >= 15 is 0 Å². The molecule has 1 amide bonds. The van der Waals surface area contributed by atoms with Gasteiger partial charge in [-0.2, -0.15) is 0 Å². The summed E-state index contributed by atoms with van der Waals surface area (Å²) in [5.41, 5.74) is 0.224. The van der Waals surface area contributed by atoms with Crippen LogP contribution in [0.25, 0.3) is 0 Å². The number of ether oxygens (including phenoxy) is 1. The zero-order valence-corrected chi connectivity index (χ0v) is 17.5. The Hall–Kier alpha value is -2.04. The predicted molar refractivity (Wildman–Crippen MR) is 114 cm³/mol. The third-order valence-electron chi connectivity index (χ3n) is 4.79. The number of amides is 1. The molecular weight excluding hydrogens is 416 g/mol. The standard InChI is InChI=1S/C19H23ClN4O4S/c1-13(19(25)22-16-5-4-14(24(26)27)11-15(16)20)21-12-17(18-3-2-10-29-18)23-6-8-28-9-7-23/h2-5,10-11,13,17,21H,6-9,12H2,1H3,(H,22,25). The minimum Gasteiger partial charge on any atom is -0.379 e. The molecule has 0 aliphatic carbocycles. The fourth-order valence-corrected chi connectivity index (χ4v) is 4.20. The monoisotopic (exact) mass is 438 g/mol. The molecule has 2 atom stereocenters. The number of anilines is 1. The van der Waals surface area contributed by atoms with Gasteiger partial charge < -0.3 is 15.4 Å². The average Bonchev–Trinajstić information content (AvgIpc) is 3.24. The Morgan fingerprint density at radius 3 is 2.76 bits per heavy atom. The largest absolute Gasteiger partial charge is 0.379 e. The highest BCUT2D eigenvalue weighted by molar-refractivity contribution is 7.10. The van der Waals surface area contributed by atoms with Crippen molar-refractivity contribution in [1.82, 2.24) is 10.2 Å². The number of nitro groups is 1. The van der Waals surface area contributed by atoms with E-state index in [4.69, 9.17) is 16.3 Å². The van der Waals surface area contributed by atoms with Gasteiger partial charge in [0.15, 0.2) is 0 Å². The van der Waals surface area contributed by atoms with E-state index in [9.17, 15) is 14.9 Å². The molecule has 1 aliphatic heterocycles. The van der Waals surface area contributed by atoms with Crippen molar-refractivity contribution in [3.63, 3.8) is 0 Å². The molecule has 1 fully saturated rings. The van der Waals surface area contributed by atoms with Crippen LogP contribution in [0.15, 0.2) is 35.7 Å². The van der Waals surface area contributed by atoms with Crippen LogP contribution in [0.5, 0.6) is 0 Å². The maximum Gasteiger partial charge on any atom is 0.271 e. The molecule has 1 saturated heterocycles. The van der Waals surface area contributed by atoms with Crippen LogP contribution in [0.4, 0.5) is 11.4 Å². The molecule has 2 heterocycles. The lowest BCUT2D eigenvalue weighted by atomic mass is 10.1. The first-order valence-corrected chi connectivity index (χ1v) is 10.5. The second-order valence-electron chi connectivity index (χ2n) is 6.72. The maximum atomic E-state index is 12.6. The Morgan fingerprint density at radius 2 is 2.14 bits per heavy atom. The molecule has 2 aromatic rings. The van der Waals surface area contributed by atoms with Gasteiger partial charge in [0.2, 0.25) is 5.91 Å². The summed E-state index contributed by atoms with van der Waals surface area (Å²) < 4.78 is 5.45. The summed E-state index contributed by atoms with van der Waals surface area (Å²) in [7, 11) is 0. The second kappa shape index (κ2) is 10.1. The molecule has 1 aromatic heterocycles. The molecule has 8 nitrogen and oxygen atoms in total. The van der Waals surface area contributed by atoms with Crippen molar-refractivity contribution in [2.24, 2.45) is 0 Å². The Kier molecular flexibility index (Phi) is 7.57. The molecule has 0 spiro atoms. The van der Waals surface area contributed by atoms with Gasteiger partial charge in [-0.05, 0) is 24.4 Å². The van der Waals surface area contributed by atoms with E-state index < -0.39 is 11.0 Å². The molecule has 1 aromatic carbocycles. The van der Waals surface area contributed by atoms with Crippen molar-refractivity contribution in [1.29, 1.82) is 0 Å². The van der Waals surface area contributed by atoms with Crippen molar-refractivity contribution >= 4 is 40.2 Å². The number of nitrogens with one attached hydrogen (secondary N) is 2. The van der Waals surface area contributed by atoms with Crippen molar-refractivity contribution in [3.05, 3.63) is 55.7 Å². The quantitative estimate of drug-likeness (QED) is 0.485. The van der Waals surface area contributed by atoms with Crippen LogP contribution in [0.3, 0.4) is 0 Å². The van der Waals surface area contributed by atoms with Gasteiger partial charge in [0.05, 0.1) is 40.9 Å². The van der Waals surface area contributed by atoms with Crippen LogP contribution in [0, 0.1) is 10.1 Å². The summed E-state index contributed by atoms with van der Waals surface area (Å²) in [5, 5.41) is 19.0. The number of non-ortho nitro benzene ring substituents is 1. The van der Waals surface area contributed by atoms with Gasteiger partial charge in [0.1, 0.15) is 0 Å². The number of halogens is 1. The van der Waals surface area contributed by atoms with Gasteiger partial charge in [-0.25, -0.2) is 0 Å². The summed E-state index contributed by atoms with van der Waals surface area (Å²) in [6, 6.07) is 7.80. The van der Waals surface area contributed by atoms with E-state index in [1.165, 1.54) is 23.1 Å². The van der Waals surface area contributed by atoms with Gasteiger partial charge in [-0.3, -0.25) is 19.8 Å². The van der Waals surface area contributed by atoms with E-state index in [1.54, 1.807) is 18.3 Å². The summed E-state index contributed by atoms with van der Waals surface area (Å²) in [5.74, 6) is -0.257. The maximum absolute atomic E-state index is 12.6. The number of morpholine rings is 1. The van der Waals surface area contributed by atoms with Crippen LogP contribution >= 0.6 is 22.9 Å². The first-order chi connectivity index (χ1) is 14.0. The van der Waals surface area contributed by atoms with Gasteiger partial charge >= 0.3 is 0 Å². The highest BCUT2D eigenvalue weighted by Gasteiger charge is 2.25. The Balaban J connectivity index is 1.60. The lowest BCUT2D eigenvalue weighted by molar-refractivity contribution is -0.384. The summed E-state index contributed by atoms with van der Waals surface area (Å²) in [6.07, 6.45) is 0. The second-order valence-corrected chi connectivity index (χ2v) is 8.11. The van der Waals surface area contributed by atoms with Crippen LogP contribution in [-0.4, -0.2) is 54.6 Å². The highest BCUT2D eigenvalue weighted by Crippen LogP contribution is 2.27. The van der Waals surface area contributed by atoms with E-state index in [0.29, 0.717) is 25.4 Å². The Bertz CT molecular complexity index is 843. The average molecular weight is 439 g/mol. The van der Waals surface area contributed by atoms with Crippen molar-refractivity contribution < 1.29 is 14.5 Å². The SMILES string of the molecule is CC(NCC(c1cccs1)N1CCOCC1)C(=O)Nc1ccc([N+](=O)[O-])cc1Cl. The number of carbonyl (C=O) groups excluding carboxylic acids is 1. The summed E-state index contributed by atoms with van der Waals surface area (Å²) >= 11 is 7.76. The van der Waals surface area contributed by atoms with Crippen LogP contribution in [0.2, 0.25) is 5.02 Å². The minimum atomic E-state index is -0.530. The van der Waals surface area contributed by atoms with Gasteiger partial charge in [0, 0.05) is 36.6 Å². The smallest absolute Gasteiger partial charge is 0.271 e. The zero-order chi connectivity index (χ0) is 20.8. The molecule has 156 valence electrons. The van der Waals surface area contributed by atoms with E-state index in [0.717, 1.165) is 13.1 Å². The Morgan fingerprint density at radius 1 is 1.38 bits per heavy atom. The first-order valence-electron chi connectivity index (χ1n) is 9.29. The normalized spacial score (nSPS) is 16.9. The molecule has 1 aliphatic rings. The molecule has 29 heavy (non-hydrogen) atoms. The lowest BCUT2D eigenvalue weighted by Gasteiger charge is -2.34. The molecule has 0 radical (unpaired) electrons. The number of thiophene rings is 1. The molecule has 10 heteroatoms. The highest BCUT2D eigenvalue weighted by atomic mass is 35.5. The molecule has 2 N–H and O–H groups in total. The number of carbonyl (C=O) groups is 1. The van der Waals surface area contributed by atoms with E-state index in [2.05, 4.69) is 27.0 Å². The fraction of sp³-hybridized carbons (Fsp3) is 0.421. The third kappa shape index (κ3) is 5.74. The van der Waals surface area contributed by atoms with Crippen molar-refractivity contribution in [3.8, 4) is 0 Å². The van der Waals surface area contributed by atoms with Gasteiger partial charge in [0.25, 0.3) is 5.69 Å². The van der Waals surface area contributed by atoms with Crippen LogP contribution in [0.1, 0.15) is 17.8 Å². The van der Waals surface area contributed by atoms with Crippen molar-refractivity contribution in [2.45, 2.75) is 19.0 Å². The predicted octanol–water partition coefficient (Wildman–Crippen LogP) is 3.30. The first kappa shape index (κ1) is 21.7. The molecule has 0 bridgehead atoms. The van der Waals surface area contributed by atoms with E-state index in [1.807, 2.05) is 6.07 Å². The topological polar surface area (TPSA) is 96.7 Å². The summed E-state index contributed by atoms with van der Waals surface area (Å²) in [6.45, 7) is 5.50. The molecule has 0 saturated carbocycles. The number of hydrogen-bond acceptors (Lipinski definition) is 7. The number of benzene rings is 1. The minimum absolute atomic E-state index is 0.122. The third-order valence-corrected chi connectivity index (χ3v) is 6.08. The number of nitro benzene ring substituents is 1. The van der Waals surface area contributed by atoms with Gasteiger partial charge in [-0.1, -0.05) is 17.7 Å². The molecular formula is C19H23ClN4O4S. The van der Waals surface area contributed by atoms with Gasteiger partial charge in [-0.15, -0.1) is 11.3 Å². The molecule has 2 unspecified atom stereocenters. The summed E-state index contributed by atoms with van der Waals surface area (Å²) in [4.78, 5) is 26.4. The van der Waals surface area contributed by atoms with Crippen LogP contribution in [-0.2, 0) is 9.53 Å². The fourth-order valence-electron chi connectivity index (χ4n) is 3.12. The van der Waals surface area contributed by atoms with E-state index in [-0.39, 0.29) is 22.7 Å². The molecule has 3 rings (SSSR count). The zero-order valence-electron chi connectivity index (χ0n) is 16.0. The van der Waals surface area contributed by atoms with Crippen LogP contribution < -0.4 is 10.6 Å². The number of rotatable bonds is 8. The van der Waals surface area contributed by atoms with Crippen molar-refractivity contribution in [2.75, 3.05) is 38.2 Å². The Labute approximate surface area is 177 Å². The lowest BCUT2D eigenvalue weighted by Crippen LogP contribution is -2.46. The number of hydrogen-bond donors (Lipinski definition) is 2. The number of nitrogens with zero attached hydrogens (tertiary/aromatic N) is 2.